The van der Waals surface area contributed by atoms with Crippen LogP contribution in [0.5, 0.6) is 0 Å². The quantitative estimate of drug-likeness (QED) is 0.756. The Morgan fingerprint density at radius 1 is 1.06 bits per heavy atom. The molecular formula is C15H25NO2. The number of benzene rings is 1. The molecule has 0 saturated heterocycles. The maximum Gasteiger partial charge on any atom is 0.176 e. The number of likely N-dealkylation sites (N-methyl/N-ethyl adjacent to an activating group) is 1. The first-order chi connectivity index (χ1) is 8.63. The Labute approximate surface area is 110 Å². The first-order valence-electron chi connectivity index (χ1n) is 6.61. The highest BCUT2D eigenvalue weighted by Gasteiger charge is 2.22. The van der Waals surface area contributed by atoms with Crippen LogP contribution in [0.2, 0.25) is 0 Å². The second-order valence-corrected chi connectivity index (χ2v) is 4.39. The van der Waals surface area contributed by atoms with E-state index < -0.39 is 0 Å². The summed E-state index contributed by atoms with van der Waals surface area (Å²) < 4.78 is 11.4. The van der Waals surface area contributed by atoms with Crippen molar-refractivity contribution in [1.82, 2.24) is 5.32 Å². The summed E-state index contributed by atoms with van der Waals surface area (Å²) in [7, 11) is 1.94. The lowest BCUT2D eigenvalue weighted by Crippen LogP contribution is -2.34. The van der Waals surface area contributed by atoms with Gasteiger partial charge >= 0.3 is 0 Å². The van der Waals surface area contributed by atoms with Crippen molar-refractivity contribution in [3.63, 3.8) is 0 Å². The molecule has 1 rings (SSSR count). The number of hydrogen-bond donors (Lipinski definition) is 1. The van der Waals surface area contributed by atoms with Crippen molar-refractivity contribution >= 4 is 0 Å². The predicted molar refractivity (Wildman–Crippen MR) is 74.8 cm³/mol. The first kappa shape index (κ1) is 15.2. The van der Waals surface area contributed by atoms with Crippen LogP contribution in [0.4, 0.5) is 0 Å². The second kappa shape index (κ2) is 7.52. The molecule has 3 nitrogen and oxygen atoms in total. The molecule has 0 aromatic heterocycles. The molecule has 1 N–H and O–H groups in total. The molecule has 0 fully saturated rings. The van der Waals surface area contributed by atoms with Gasteiger partial charge in [0.15, 0.2) is 6.29 Å². The molecule has 0 bridgehead atoms. The lowest BCUT2D eigenvalue weighted by atomic mass is 10.0. The molecule has 0 amide bonds. The van der Waals surface area contributed by atoms with Gasteiger partial charge in [0.05, 0.1) is 6.04 Å². The van der Waals surface area contributed by atoms with E-state index in [1.165, 1.54) is 16.7 Å². The molecule has 0 spiro atoms. The standard InChI is InChI=1S/C15H25NO2/c1-6-17-15(18-7-2)14(16-5)13-9-8-11(3)12(4)10-13/h8-10,14-16H,6-7H2,1-5H3. The third-order valence-electron chi connectivity index (χ3n) is 3.14. The van der Waals surface area contributed by atoms with Crippen LogP contribution in [-0.2, 0) is 9.47 Å². The second-order valence-electron chi connectivity index (χ2n) is 4.39. The molecule has 1 unspecified atom stereocenters. The molecule has 0 aliphatic heterocycles. The minimum atomic E-state index is -0.243. The zero-order valence-corrected chi connectivity index (χ0v) is 12.1. The summed E-state index contributed by atoms with van der Waals surface area (Å²) in [4.78, 5) is 0. The van der Waals surface area contributed by atoms with E-state index in [0.717, 1.165) is 0 Å². The Bertz CT molecular complexity index is 360. The summed E-state index contributed by atoms with van der Waals surface area (Å²) in [6.45, 7) is 9.51. The van der Waals surface area contributed by atoms with Gasteiger partial charge in [0.25, 0.3) is 0 Å². The molecular weight excluding hydrogens is 226 g/mol. The Morgan fingerprint density at radius 3 is 2.11 bits per heavy atom. The molecule has 3 heteroatoms. The number of nitrogens with one attached hydrogen (secondary N) is 1. The van der Waals surface area contributed by atoms with Crippen LogP contribution in [0.15, 0.2) is 18.2 Å². The van der Waals surface area contributed by atoms with E-state index in [9.17, 15) is 0 Å². The Morgan fingerprint density at radius 2 is 1.67 bits per heavy atom. The van der Waals surface area contributed by atoms with Gasteiger partial charge in [-0.05, 0) is 51.4 Å². The fraction of sp³-hybridized carbons (Fsp3) is 0.600. The van der Waals surface area contributed by atoms with Crippen molar-refractivity contribution in [1.29, 1.82) is 0 Å². The van der Waals surface area contributed by atoms with E-state index in [0.29, 0.717) is 13.2 Å². The largest absolute Gasteiger partial charge is 0.351 e. The molecule has 0 heterocycles. The Kier molecular flexibility index (Phi) is 6.33. The van der Waals surface area contributed by atoms with E-state index in [-0.39, 0.29) is 12.3 Å². The lowest BCUT2D eigenvalue weighted by molar-refractivity contribution is -0.154. The van der Waals surface area contributed by atoms with E-state index in [2.05, 4.69) is 37.4 Å². The lowest BCUT2D eigenvalue weighted by Gasteiger charge is -2.27. The third-order valence-corrected chi connectivity index (χ3v) is 3.14. The summed E-state index contributed by atoms with van der Waals surface area (Å²) in [6.07, 6.45) is -0.243. The van der Waals surface area contributed by atoms with E-state index in [4.69, 9.17) is 9.47 Å². The predicted octanol–water partition coefficient (Wildman–Crippen LogP) is 2.96. The molecule has 0 aliphatic carbocycles. The molecule has 0 aliphatic rings. The smallest absolute Gasteiger partial charge is 0.176 e. The molecule has 0 radical (unpaired) electrons. The van der Waals surface area contributed by atoms with Crippen LogP contribution in [0.1, 0.15) is 36.6 Å². The minimum Gasteiger partial charge on any atom is -0.351 e. The monoisotopic (exact) mass is 251 g/mol. The Hall–Kier alpha value is -0.900. The van der Waals surface area contributed by atoms with Crippen molar-refractivity contribution in [2.75, 3.05) is 20.3 Å². The average Bonchev–Trinajstić information content (AvgIpc) is 2.35. The van der Waals surface area contributed by atoms with Gasteiger partial charge in [-0.3, -0.25) is 0 Å². The summed E-state index contributed by atoms with van der Waals surface area (Å²) >= 11 is 0. The molecule has 102 valence electrons. The fourth-order valence-electron chi connectivity index (χ4n) is 1.99. The van der Waals surface area contributed by atoms with Gasteiger partial charge in [-0.15, -0.1) is 0 Å². The minimum absolute atomic E-state index is 0.0594. The van der Waals surface area contributed by atoms with Gasteiger partial charge < -0.3 is 14.8 Å². The summed E-state index contributed by atoms with van der Waals surface area (Å²) in [5, 5.41) is 3.28. The SMILES string of the molecule is CCOC(OCC)C(NC)c1ccc(C)c(C)c1. The van der Waals surface area contributed by atoms with Crippen molar-refractivity contribution in [3.05, 3.63) is 34.9 Å². The topological polar surface area (TPSA) is 30.5 Å². The van der Waals surface area contributed by atoms with Crippen molar-refractivity contribution < 1.29 is 9.47 Å². The van der Waals surface area contributed by atoms with Crippen molar-refractivity contribution in [2.24, 2.45) is 0 Å². The molecule has 0 saturated carbocycles. The van der Waals surface area contributed by atoms with E-state index in [1.807, 2.05) is 20.9 Å². The van der Waals surface area contributed by atoms with Gasteiger partial charge in [-0.1, -0.05) is 18.2 Å². The summed E-state index contributed by atoms with van der Waals surface area (Å²) in [5.74, 6) is 0. The van der Waals surface area contributed by atoms with Gasteiger partial charge in [0, 0.05) is 13.2 Å². The van der Waals surface area contributed by atoms with Gasteiger partial charge in [0.1, 0.15) is 0 Å². The van der Waals surface area contributed by atoms with Crippen LogP contribution < -0.4 is 5.32 Å². The zero-order valence-electron chi connectivity index (χ0n) is 12.1. The normalized spacial score (nSPS) is 13.0. The number of aryl methyl sites for hydroxylation is 2. The van der Waals surface area contributed by atoms with E-state index in [1.54, 1.807) is 0 Å². The summed E-state index contributed by atoms with van der Waals surface area (Å²) in [6, 6.07) is 6.53. The first-order valence-corrected chi connectivity index (χ1v) is 6.61. The number of rotatable bonds is 7. The fourth-order valence-corrected chi connectivity index (χ4v) is 1.99. The van der Waals surface area contributed by atoms with Crippen LogP contribution in [0.25, 0.3) is 0 Å². The maximum absolute atomic E-state index is 5.68. The van der Waals surface area contributed by atoms with Crippen LogP contribution >= 0.6 is 0 Å². The van der Waals surface area contributed by atoms with Crippen LogP contribution in [0, 0.1) is 13.8 Å². The molecule has 1 aromatic carbocycles. The number of hydrogen-bond acceptors (Lipinski definition) is 3. The third kappa shape index (κ3) is 3.80. The molecule has 1 aromatic rings. The molecule has 18 heavy (non-hydrogen) atoms. The van der Waals surface area contributed by atoms with Crippen LogP contribution in [-0.4, -0.2) is 26.6 Å². The van der Waals surface area contributed by atoms with Gasteiger partial charge in [0.2, 0.25) is 0 Å². The highest BCUT2D eigenvalue weighted by Crippen LogP contribution is 2.22. The van der Waals surface area contributed by atoms with Gasteiger partial charge in [-0.25, -0.2) is 0 Å². The number of ether oxygens (including phenoxy) is 2. The molecule has 1 atom stereocenters. The summed E-state index contributed by atoms with van der Waals surface area (Å²) in [5.41, 5.74) is 3.80. The maximum atomic E-state index is 5.68. The highest BCUT2D eigenvalue weighted by atomic mass is 16.7. The van der Waals surface area contributed by atoms with E-state index >= 15 is 0 Å². The van der Waals surface area contributed by atoms with Gasteiger partial charge in [-0.2, -0.15) is 0 Å². The average molecular weight is 251 g/mol. The van der Waals surface area contributed by atoms with Crippen molar-refractivity contribution in [2.45, 2.75) is 40.0 Å². The Balaban J connectivity index is 2.94. The zero-order chi connectivity index (χ0) is 13.5. The van der Waals surface area contributed by atoms with Crippen molar-refractivity contribution in [3.8, 4) is 0 Å². The van der Waals surface area contributed by atoms with Crippen LogP contribution in [0.3, 0.4) is 0 Å². The highest BCUT2D eigenvalue weighted by molar-refractivity contribution is 5.32.